The highest BCUT2D eigenvalue weighted by atomic mass is 15.1. The second-order valence-electron chi connectivity index (χ2n) is 18.2. The van der Waals surface area contributed by atoms with Gasteiger partial charge in [-0.3, -0.25) is 0 Å². The summed E-state index contributed by atoms with van der Waals surface area (Å²) < 4.78 is 2.50. The van der Waals surface area contributed by atoms with Gasteiger partial charge in [-0.2, -0.15) is 0 Å². The van der Waals surface area contributed by atoms with Crippen molar-refractivity contribution in [3.63, 3.8) is 0 Å². The van der Waals surface area contributed by atoms with Gasteiger partial charge >= 0.3 is 0 Å². The molecular weight excluding hydrogens is 785 g/mol. The molecule has 0 amide bonds. The van der Waals surface area contributed by atoms with Crippen LogP contribution in [-0.2, 0) is 0 Å². The van der Waals surface area contributed by atoms with Gasteiger partial charge in [0.2, 0.25) is 0 Å². The number of allylic oxidation sites excluding steroid dienone is 6. The van der Waals surface area contributed by atoms with Crippen LogP contribution in [0.25, 0.3) is 66.6 Å². The van der Waals surface area contributed by atoms with Crippen LogP contribution in [-0.4, -0.2) is 4.57 Å². The monoisotopic (exact) mass is 830 g/mol. The Kier molecular flexibility index (Phi) is 8.58. The predicted molar refractivity (Wildman–Crippen MR) is 276 cm³/mol. The van der Waals surface area contributed by atoms with Gasteiger partial charge in [-0.15, -0.1) is 0 Å². The van der Waals surface area contributed by atoms with E-state index in [1.165, 1.54) is 93.7 Å². The Labute approximate surface area is 380 Å². The standard InChI is InChI=1S/C63H46N2/c1-63-38-14-13-30-57(63)51-25-9-7-18-45(51)40-58(63)43-32-35-48(36-33-43)64(60-41-46-19-6-8-24-50(46)54-27-11-12-28-55(54)60)49-23-15-20-44(39-49)52-29-16-31-59-61(52)56-37-34-42-17-5-10-26-53(42)62(56)65(59)47-21-3-2-4-22-47/h2-28,30-41,52,57H,29H2,1H3. The number of benzene rings is 9. The van der Waals surface area contributed by atoms with Crippen molar-refractivity contribution in [1.82, 2.24) is 4.57 Å². The molecule has 2 heteroatoms. The van der Waals surface area contributed by atoms with Crippen molar-refractivity contribution in [1.29, 1.82) is 0 Å². The average Bonchev–Trinajstić information content (AvgIpc) is 3.72. The molecule has 9 aromatic carbocycles. The van der Waals surface area contributed by atoms with E-state index in [2.05, 4.69) is 253 Å². The molecule has 1 heterocycles. The van der Waals surface area contributed by atoms with Crippen LogP contribution in [0.15, 0.2) is 225 Å². The summed E-state index contributed by atoms with van der Waals surface area (Å²) in [4.78, 5) is 2.50. The summed E-state index contributed by atoms with van der Waals surface area (Å²) >= 11 is 0. The van der Waals surface area contributed by atoms with Gasteiger partial charge in [-0.1, -0.05) is 189 Å². The van der Waals surface area contributed by atoms with Crippen LogP contribution in [0.3, 0.4) is 0 Å². The SMILES string of the molecule is CC12C=CC=CC1c1ccccc1C=C2c1ccc(N(c2cccc(C3CC=Cc4c3c3ccc5ccccc5c3n4-c3ccccc3)c2)c2cc3ccccc3c3ccccc23)cc1. The van der Waals surface area contributed by atoms with Crippen molar-refractivity contribution in [2.75, 3.05) is 4.90 Å². The zero-order valence-electron chi connectivity index (χ0n) is 36.3. The van der Waals surface area contributed by atoms with Gasteiger partial charge in [0.25, 0.3) is 0 Å². The van der Waals surface area contributed by atoms with Gasteiger partial charge in [0.05, 0.1) is 16.9 Å². The number of para-hydroxylation sites is 1. The van der Waals surface area contributed by atoms with Crippen LogP contribution in [0, 0.1) is 5.41 Å². The molecule has 308 valence electrons. The van der Waals surface area contributed by atoms with E-state index in [0.717, 1.165) is 17.8 Å². The first-order chi connectivity index (χ1) is 32.1. The fraction of sp³-hybridized carbons (Fsp3) is 0.0794. The van der Waals surface area contributed by atoms with Crippen molar-refractivity contribution in [2.24, 2.45) is 5.41 Å². The second kappa shape index (κ2) is 14.8. The zero-order valence-corrected chi connectivity index (χ0v) is 36.3. The van der Waals surface area contributed by atoms with Gasteiger partial charge in [-0.05, 0) is 116 Å². The lowest BCUT2D eigenvalue weighted by molar-refractivity contribution is 0.499. The summed E-state index contributed by atoms with van der Waals surface area (Å²) in [6, 6.07) is 72.2. The lowest BCUT2D eigenvalue weighted by Gasteiger charge is -2.42. The number of hydrogen-bond donors (Lipinski definition) is 0. The molecule has 65 heavy (non-hydrogen) atoms. The zero-order chi connectivity index (χ0) is 43.1. The lowest BCUT2D eigenvalue weighted by atomic mass is 9.61. The molecule has 0 bridgehead atoms. The normalized spacial score (nSPS) is 18.4. The van der Waals surface area contributed by atoms with E-state index >= 15 is 0 Å². The molecule has 0 saturated carbocycles. The Hall–Kier alpha value is -7.94. The number of hydrogen-bond acceptors (Lipinski definition) is 1. The summed E-state index contributed by atoms with van der Waals surface area (Å²) in [6.45, 7) is 2.40. The molecule has 0 aliphatic heterocycles. The second-order valence-corrected chi connectivity index (χ2v) is 18.2. The smallest absolute Gasteiger partial charge is 0.0616 e. The third-order valence-electron chi connectivity index (χ3n) is 14.6. The van der Waals surface area contributed by atoms with Crippen LogP contribution in [0.1, 0.15) is 58.7 Å². The van der Waals surface area contributed by atoms with Crippen LogP contribution in [0.5, 0.6) is 0 Å². The maximum atomic E-state index is 2.50. The van der Waals surface area contributed by atoms with Crippen molar-refractivity contribution < 1.29 is 0 Å². The van der Waals surface area contributed by atoms with Crippen LogP contribution < -0.4 is 4.90 Å². The van der Waals surface area contributed by atoms with Crippen molar-refractivity contribution >= 4 is 78.0 Å². The molecule has 13 rings (SSSR count). The highest BCUT2D eigenvalue weighted by Gasteiger charge is 2.40. The Morgan fingerprint density at radius 1 is 0.569 bits per heavy atom. The van der Waals surface area contributed by atoms with Crippen molar-refractivity contribution in [2.45, 2.75) is 25.2 Å². The third kappa shape index (κ3) is 5.87. The van der Waals surface area contributed by atoms with E-state index < -0.39 is 0 Å². The number of anilines is 3. The van der Waals surface area contributed by atoms with Crippen molar-refractivity contribution in [3.05, 3.63) is 258 Å². The van der Waals surface area contributed by atoms with E-state index in [0.29, 0.717) is 0 Å². The van der Waals surface area contributed by atoms with Gasteiger partial charge in [0, 0.05) is 50.5 Å². The number of aromatic nitrogens is 1. The molecule has 0 N–H and O–H groups in total. The van der Waals surface area contributed by atoms with Crippen molar-refractivity contribution in [3.8, 4) is 5.69 Å². The third-order valence-corrected chi connectivity index (χ3v) is 14.6. The summed E-state index contributed by atoms with van der Waals surface area (Å²) in [5.41, 5.74) is 15.0. The first-order valence-corrected chi connectivity index (χ1v) is 23.0. The maximum absolute atomic E-state index is 2.50. The first-order valence-electron chi connectivity index (χ1n) is 23.0. The van der Waals surface area contributed by atoms with Gasteiger partial charge in [0.1, 0.15) is 0 Å². The Bertz CT molecular complexity index is 3660. The fourth-order valence-corrected chi connectivity index (χ4v) is 11.6. The number of rotatable bonds is 6. The Balaban J connectivity index is 0.995. The van der Waals surface area contributed by atoms with Gasteiger partial charge < -0.3 is 9.47 Å². The van der Waals surface area contributed by atoms with Crippen LogP contribution in [0.4, 0.5) is 17.1 Å². The van der Waals surface area contributed by atoms with E-state index in [-0.39, 0.29) is 17.3 Å². The predicted octanol–water partition coefficient (Wildman–Crippen LogP) is 16.9. The molecule has 2 nitrogen and oxygen atoms in total. The highest BCUT2D eigenvalue weighted by Crippen LogP contribution is 2.55. The molecule has 3 aliphatic rings. The molecule has 0 saturated heterocycles. The average molecular weight is 831 g/mol. The largest absolute Gasteiger partial charge is 0.310 e. The topological polar surface area (TPSA) is 8.17 Å². The summed E-state index contributed by atoms with van der Waals surface area (Å²) in [6.07, 6.45) is 17.3. The molecule has 3 unspecified atom stereocenters. The first kappa shape index (κ1) is 37.6. The van der Waals surface area contributed by atoms with Crippen LogP contribution >= 0.6 is 0 Å². The summed E-state index contributed by atoms with van der Waals surface area (Å²) in [7, 11) is 0. The lowest BCUT2D eigenvalue weighted by Crippen LogP contribution is -2.28. The molecule has 1 aromatic heterocycles. The number of fused-ring (bicyclic) bond motifs is 11. The molecular formula is C63H46N2. The molecule has 0 spiro atoms. The van der Waals surface area contributed by atoms with Crippen LogP contribution in [0.2, 0.25) is 0 Å². The molecule has 3 atom stereocenters. The highest BCUT2D eigenvalue weighted by molar-refractivity contribution is 6.15. The number of nitrogens with zero attached hydrogens (tertiary/aromatic N) is 2. The summed E-state index contributed by atoms with van der Waals surface area (Å²) in [5.74, 6) is 0.440. The maximum Gasteiger partial charge on any atom is 0.0616 e. The van der Waals surface area contributed by atoms with E-state index in [4.69, 9.17) is 0 Å². The fourth-order valence-electron chi connectivity index (χ4n) is 11.6. The Morgan fingerprint density at radius 2 is 1.31 bits per heavy atom. The quantitative estimate of drug-likeness (QED) is 0.152. The summed E-state index contributed by atoms with van der Waals surface area (Å²) in [5, 5.41) is 8.81. The van der Waals surface area contributed by atoms with Gasteiger partial charge in [-0.25, -0.2) is 0 Å². The molecule has 0 fully saturated rings. The minimum absolute atomic E-state index is 0.156. The molecule has 0 radical (unpaired) electrons. The molecule has 3 aliphatic carbocycles. The molecule has 10 aromatic rings. The van der Waals surface area contributed by atoms with E-state index in [1.54, 1.807) is 0 Å². The van der Waals surface area contributed by atoms with E-state index in [1.807, 2.05) is 0 Å². The Morgan fingerprint density at radius 3 is 2.17 bits per heavy atom. The minimum Gasteiger partial charge on any atom is -0.310 e. The van der Waals surface area contributed by atoms with Gasteiger partial charge in [0.15, 0.2) is 0 Å². The minimum atomic E-state index is -0.156. The van der Waals surface area contributed by atoms with E-state index in [9.17, 15) is 0 Å².